The summed E-state index contributed by atoms with van der Waals surface area (Å²) in [4.78, 5) is 32.5. The maximum atomic E-state index is 14.0. The summed E-state index contributed by atoms with van der Waals surface area (Å²) in [6.07, 6.45) is 5.83. The normalized spacial score (nSPS) is 12.0. The number of carboxylic acid groups (broad SMARTS) is 1. The first kappa shape index (κ1) is 20.3. The van der Waals surface area contributed by atoms with Crippen molar-refractivity contribution in [1.29, 1.82) is 0 Å². The van der Waals surface area contributed by atoms with Gasteiger partial charge in [-0.25, -0.2) is 29.1 Å². The molecule has 1 aromatic carbocycles. The van der Waals surface area contributed by atoms with Crippen LogP contribution in [0.15, 0.2) is 49.2 Å². The average molecular weight is 418 g/mol. The fourth-order valence-electron chi connectivity index (χ4n) is 3.34. The Morgan fingerprint density at radius 3 is 2.65 bits per heavy atom. The summed E-state index contributed by atoms with van der Waals surface area (Å²) in [7, 11) is 0. The van der Waals surface area contributed by atoms with Crippen LogP contribution in [0.4, 0.5) is 10.2 Å². The van der Waals surface area contributed by atoms with Crippen molar-refractivity contribution in [3.05, 3.63) is 72.0 Å². The highest BCUT2D eigenvalue weighted by molar-refractivity contribution is 6.03. The first-order valence-electron chi connectivity index (χ1n) is 9.59. The lowest BCUT2D eigenvalue weighted by Gasteiger charge is -2.16. The number of fused-ring (bicyclic) bond motifs is 1. The van der Waals surface area contributed by atoms with Crippen molar-refractivity contribution in [3.8, 4) is 11.3 Å². The topological polar surface area (TPSA) is 114 Å². The molecule has 0 aliphatic rings. The van der Waals surface area contributed by atoms with E-state index in [0.29, 0.717) is 29.4 Å². The summed E-state index contributed by atoms with van der Waals surface area (Å²) < 4.78 is 14.0. The first-order valence-corrected chi connectivity index (χ1v) is 9.59. The Kier molecular flexibility index (Phi) is 5.48. The number of aromatic nitrogens is 5. The molecule has 156 valence electrons. The van der Waals surface area contributed by atoms with Gasteiger partial charge in [0.2, 0.25) is 0 Å². The van der Waals surface area contributed by atoms with Crippen LogP contribution in [0, 0.1) is 12.7 Å². The van der Waals surface area contributed by atoms with Crippen molar-refractivity contribution < 1.29 is 14.3 Å². The standard InChI is InChI=1S/C22H19FN6O2/c1-12(15-4-3-5-16-20(22(30)31)17(23)10-27-21(15)16)7-26-19-6-18(28-11-29-19)14-8-24-13(2)25-9-14/h3-6,8-12H,7H2,1-2H3,(H,30,31)(H,26,28,29)/t12-/m1/s1. The van der Waals surface area contributed by atoms with Gasteiger partial charge >= 0.3 is 5.97 Å². The Balaban J connectivity index is 1.57. The van der Waals surface area contributed by atoms with Crippen LogP contribution in [0.1, 0.15) is 34.6 Å². The van der Waals surface area contributed by atoms with Gasteiger partial charge in [0.25, 0.3) is 0 Å². The van der Waals surface area contributed by atoms with Gasteiger partial charge in [-0.05, 0) is 12.5 Å². The Morgan fingerprint density at radius 1 is 1.13 bits per heavy atom. The third-order valence-corrected chi connectivity index (χ3v) is 4.96. The van der Waals surface area contributed by atoms with E-state index in [1.165, 1.54) is 6.33 Å². The molecule has 0 saturated heterocycles. The SMILES string of the molecule is Cc1ncc(-c2cc(NC[C@@H](C)c3cccc4c(C(=O)O)c(F)cnc34)ncn2)cn1. The van der Waals surface area contributed by atoms with E-state index in [2.05, 4.69) is 30.2 Å². The average Bonchev–Trinajstić information content (AvgIpc) is 2.77. The van der Waals surface area contributed by atoms with Crippen molar-refractivity contribution in [1.82, 2.24) is 24.9 Å². The van der Waals surface area contributed by atoms with E-state index >= 15 is 0 Å². The molecule has 2 N–H and O–H groups in total. The number of carbonyl (C=O) groups is 1. The van der Waals surface area contributed by atoms with E-state index in [9.17, 15) is 14.3 Å². The zero-order valence-electron chi connectivity index (χ0n) is 16.9. The molecule has 8 nitrogen and oxygen atoms in total. The summed E-state index contributed by atoms with van der Waals surface area (Å²) >= 11 is 0. The second-order valence-corrected chi connectivity index (χ2v) is 7.12. The van der Waals surface area contributed by atoms with Crippen LogP contribution in [0.25, 0.3) is 22.2 Å². The molecule has 4 aromatic rings. The number of nitrogens with zero attached hydrogens (tertiary/aromatic N) is 5. The molecule has 1 atom stereocenters. The number of benzene rings is 1. The first-order chi connectivity index (χ1) is 14.9. The molecule has 0 unspecified atom stereocenters. The molecule has 0 fully saturated rings. The van der Waals surface area contributed by atoms with E-state index in [1.807, 2.05) is 19.9 Å². The van der Waals surface area contributed by atoms with Crippen molar-refractivity contribution >= 4 is 22.7 Å². The zero-order chi connectivity index (χ0) is 22.0. The maximum Gasteiger partial charge on any atom is 0.339 e. The van der Waals surface area contributed by atoms with Crippen molar-refractivity contribution in [2.45, 2.75) is 19.8 Å². The maximum absolute atomic E-state index is 14.0. The Morgan fingerprint density at radius 2 is 1.90 bits per heavy atom. The van der Waals surface area contributed by atoms with Crippen LogP contribution < -0.4 is 5.32 Å². The van der Waals surface area contributed by atoms with E-state index in [1.54, 1.807) is 30.6 Å². The molecule has 0 aliphatic heterocycles. The predicted octanol–water partition coefficient (Wildman–Crippen LogP) is 3.84. The van der Waals surface area contributed by atoms with Gasteiger partial charge < -0.3 is 10.4 Å². The van der Waals surface area contributed by atoms with E-state index in [4.69, 9.17) is 0 Å². The van der Waals surface area contributed by atoms with Crippen LogP contribution in [0.3, 0.4) is 0 Å². The molecular formula is C22H19FN6O2. The van der Waals surface area contributed by atoms with Crippen LogP contribution in [-0.2, 0) is 0 Å². The summed E-state index contributed by atoms with van der Waals surface area (Å²) in [5.41, 5.74) is 2.39. The predicted molar refractivity (Wildman–Crippen MR) is 113 cm³/mol. The van der Waals surface area contributed by atoms with E-state index in [0.717, 1.165) is 17.3 Å². The number of pyridine rings is 1. The van der Waals surface area contributed by atoms with Gasteiger partial charge in [0.15, 0.2) is 5.82 Å². The number of aromatic carboxylic acids is 1. The van der Waals surface area contributed by atoms with Gasteiger partial charge in [-0.3, -0.25) is 4.98 Å². The molecule has 0 aliphatic carbocycles. The third kappa shape index (κ3) is 4.16. The highest BCUT2D eigenvalue weighted by Gasteiger charge is 2.19. The van der Waals surface area contributed by atoms with Crippen LogP contribution in [0.5, 0.6) is 0 Å². The molecule has 0 bridgehead atoms. The van der Waals surface area contributed by atoms with E-state index in [-0.39, 0.29) is 16.9 Å². The lowest BCUT2D eigenvalue weighted by molar-refractivity contribution is 0.0694. The van der Waals surface area contributed by atoms with Crippen molar-refractivity contribution in [2.75, 3.05) is 11.9 Å². The molecule has 9 heteroatoms. The fraction of sp³-hybridized carbons (Fsp3) is 0.182. The number of hydrogen-bond donors (Lipinski definition) is 2. The number of carboxylic acids is 1. The smallest absolute Gasteiger partial charge is 0.339 e. The number of halogens is 1. The Labute approximate surface area is 177 Å². The van der Waals surface area contributed by atoms with Crippen LogP contribution in [-0.4, -0.2) is 42.5 Å². The third-order valence-electron chi connectivity index (χ3n) is 4.96. The van der Waals surface area contributed by atoms with Crippen LogP contribution >= 0.6 is 0 Å². The van der Waals surface area contributed by atoms with Crippen molar-refractivity contribution in [2.24, 2.45) is 0 Å². The second kappa shape index (κ2) is 8.39. The summed E-state index contributed by atoms with van der Waals surface area (Å²) in [5.74, 6) is -0.912. The minimum Gasteiger partial charge on any atom is -0.478 e. The number of aryl methyl sites for hydroxylation is 1. The highest BCUT2D eigenvalue weighted by atomic mass is 19.1. The molecule has 0 spiro atoms. The number of rotatable bonds is 6. The number of anilines is 1. The minimum atomic E-state index is -1.32. The lowest BCUT2D eigenvalue weighted by atomic mass is 9.96. The highest BCUT2D eigenvalue weighted by Crippen LogP contribution is 2.28. The van der Waals surface area contributed by atoms with E-state index < -0.39 is 11.8 Å². The molecule has 31 heavy (non-hydrogen) atoms. The fourth-order valence-corrected chi connectivity index (χ4v) is 3.34. The summed E-state index contributed by atoms with van der Waals surface area (Å²) in [5, 5.41) is 12.9. The van der Waals surface area contributed by atoms with Gasteiger partial charge in [-0.1, -0.05) is 25.1 Å². The molecule has 0 saturated carbocycles. The number of nitrogens with one attached hydrogen (secondary N) is 1. The monoisotopic (exact) mass is 418 g/mol. The largest absolute Gasteiger partial charge is 0.478 e. The number of para-hydroxylation sites is 1. The van der Waals surface area contributed by atoms with Gasteiger partial charge in [0.1, 0.15) is 23.5 Å². The van der Waals surface area contributed by atoms with Crippen molar-refractivity contribution in [3.63, 3.8) is 0 Å². The van der Waals surface area contributed by atoms with Gasteiger partial charge in [-0.15, -0.1) is 0 Å². The molecule has 4 rings (SSSR count). The molecule has 0 radical (unpaired) electrons. The second-order valence-electron chi connectivity index (χ2n) is 7.12. The summed E-state index contributed by atoms with van der Waals surface area (Å²) in [6, 6.07) is 6.95. The van der Waals surface area contributed by atoms with Crippen LogP contribution in [0.2, 0.25) is 0 Å². The van der Waals surface area contributed by atoms with Gasteiger partial charge in [-0.2, -0.15) is 0 Å². The molecule has 0 amide bonds. The Hall–Kier alpha value is -4.01. The minimum absolute atomic E-state index is 0.0515. The summed E-state index contributed by atoms with van der Waals surface area (Å²) in [6.45, 7) is 4.29. The number of hydrogen-bond acceptors (Lipinski definition) is 7. The Bertz CT molecular complexity index is 1260. The van der Waals surface area contributed by atoms with Gasteiger partial charge in [0, 0.05) is 41.9 Å². The quantitative estimate of drug-likeness (QED) is 0.485. The molecular weight excluding hydrogens is 399 g/mol. The molecule has 3 aromatic heterocycles. The lowest BCUT2D eigenvalue weighted by Crippen LogP contribution is -2.12. The van der Waals surface area contributed by atoms with Gasteiger partial charge in [0.05, 0.1) is 17.4 Å². The molecule has 3 heterocycles. The zero-order valence-corrected chi connectivity index (χ0v) is 16.9.